The van der Waals surface area contributed by atoms with Gasteiger partial charge in [-0.15, -0.1) is 0 Å². The fraction of sp³-hybridized carbons (Fsp3) is 0.533. The first-order valence-electron chi connectivity index (χ1n) is 7.17. The first-order valence-corrected chi connectivity index (χ1v) is 7.17. The van der Waals surface area contributed by atoms with Crippen LogP contribution < -0.4 is 0 Å². The number of carboxylic acids is 1. The standard InChI is InChI=1S/C15H21N3O3/c1-17(10-6-12-4-7-16-8-5-12)11-14(19)18-9-2-3-13(18)15(20)21/h4-5,7-8,13H,2-3,6,9-11H2,1H3,(H,20,21). The summed E-state index contributed by atoms with van der Waals surface area (Å²) in [7, 11) is 1.88. The molecule has 1 aliphatic heterocycles. The topological polar surface area (TPSA) is 73.7 Å². The van der Waals surface area contributed by atoms with Crippen molar-refractivity contribution >= 4 is 11.9 Å². The van der Waals surface area contributed by atoms with Gasteiger partial charge in [-0.3, -0.25) is 14.7 Å². The Hall–Kier alpha value is -1.95. The molecule has 2 heterocycles. The van der Waals surface area contributed by atoms with Gasteiger partial charge in [0, 0.05) is 25.5 Å². The molecule has 1 aliphatic rings. The first-order chi connectivity index (χ1) is 10.1. The van der Waals surface area contributed by atoms with Crippen molar-refractivity contribution in [2.24, 2.45) is 0 Å². The van der Waals surface area contributed by atoms with Crippen LogP contribution in [0.4, 0.5) is 0 Å². The van der Waals surface area contributed by atoms with Gasteiger partial charge in [-0.05, 0) is 44.0 Å². The Morgan fingerprint density at radius 3 is 2.81 bits per heavy atom. The SMILES string of the molecule is CN(CCc1ccncc1)CC(=O)N1CCCC1C(=O)O. The number of likely N-dealkylation sites (N-methyl/N-ethyl adjacent to an activating group) is 1. The van der Waals surface area contributed by atoms with E-state index in [4.69, 9.17) is 5.11 Å². The third kappa shape index (κ3) is 4.26. The molecule has 1 unspecified atom stereocenters. The molecular weight excluding hydrogens is 270 g/mol. The van der Waals surface area contributed by atoms with Gasteiger partial charge < -0.3 is 10.0 Å². The van der Waals surface area contributed by atoms with Gasteiger partial charge in [0.2, 0.25) is 5.91 Å². The molecule has 1 saturated heterocycles. The van der Waals surface area contributed by atoms with E-state index in [0.717, 1.165) is 19.4 Å². The Morgan fingerprint density at radius 2 is 2.14 bits per heavy atom. The number of carbonyl (C=O) groups excluding carboxylic acids is 1. The number of hydrogen-bond donors (Lipinski definition) is 1. The number of hydrogen-bond acceptors (Lipinski definition) is 4. The van der Waals surface area contributed by atoms with Crippen LogP contribution in [-0.4, -0.2) is 64.5 Å². The third-order valence-electron chi connectivity index (χ3n) is 3.79. The van der Waals surface area contributed by atoms with E-state index in [2.05, 4.69) is 4.98 Å². The number of aromatic nitrogens is 1. The van der Waals surface area contributed by atoms with E-state index in [-0.39, 0.29) is 12.5 Å². The quantitative estimate of drug-likeness (QED) is 0.832. The predicted octanol–water partition coefficient (Wildman–Crippen LogP) is 0.632. The lowest BCUT2D eigenvalue weighted by atomic mass is 10.2. The van der Waals surface area contributed by atoms with Gasteiger partial charge in [0.1, 0.15) is 6.04 Å². The minimum atomic E-state index is -0.903. The Kier molecular flexibility index (Phi) is 5.27. The van der Waals surface area contributed by atoms with Crippen molar-refractivity contribution < 1.29 is 14.7 Å². The lowest BCUT2D eigenvalue weighted by Gasteiger charge is -2.24. The number of aliphatic carboxylic acids is 1. The van der Waals surface area contributed by atoms with Crippen LogP contribution >= 0.6 is 0 Å². The van der Waals surface area contributed by atoms with Crippen LogP contribution in [0.1, 0.15) is 18.4 Å². The fourth-order valence-electron chi connectivity index (χ4n) is 2.59. The normalized spacial score (nSPS) is 18.2. The van der Waals surface area contributed by atoms with Gasteiger partial charge in [0.25, 0.3) is 0 Å². The Labute approximate surface area is 124 Å². The highest BCUT2D eigenvalue weighted by atomic mass is 16.4. The van der Waals surface area contributed by atoms with Crippen LogP contribution in [0.2, 0.25) is 0 Å². The van der Waals surface area contributed by atoms with Crippen molar-refractivity contribution in [3.05, 3.63) is 30.1 Å². The summed E-state index contributed by atoms with van der Waals surface area (Å²) in [6.07, 6.45) is 5.67. The van der Waals surface area contributed by atoms with Gasteiger partial charge in [0.05, 0.1) is 6.54 Å². The Morgan fingerprint density at radius 1 is 1.43 bits per heavy atom. The van der Waals surface area contributed by atoms with Crippen LogP contribution in [-0.2, 0) is 16.0 Å². The summed E-state index contributed by atoms with van der Waals surface area (Å²) in [6, 6.07) is 3.26. The van der Waals surface area contributed by atoms with Crippen LogP contribution in [0, 0.1) is 0 Å². The van der Waals surface area contributed by atoms with E-state index in [1.165, 1.54) is 10.5 Å². The van der Waals surface area contributed by atoms with Crippen molar-refractivity contribution in [1.29, 1.82) is 0 Å². The number of nitrogens with zero attached hydrogens (tertiary/aromatic N) is 3. The van der Waals surface area contributed by atoms with E-state index >= 15 is 0 Å². The summed E-state index contributed by atoms with van der Waals surface area (Å²) in [5.74, 6) is -1.00. The number of carboxylic acid groups (broad SMARTS) is 1. The lowest BCUT2D eigenvalue weighted by Crippen LogP contribution is -2.45. The molecule has 1 fully saturated rings. The second-order valence-corrected chi connectivity index (χ2v) is 5.43. The molecular formula is C15H21N3O3. The van der Waals surface area contributed by atoms with Gasteiger partial charge in [-0.2, -0.15) is 0 Å². The Balaban J connectivity index is 1.80. The van der Waals surface area contributed by atoms with Crippen LogP contribution in [0.15, 0.2) is 24.5 Å². The number of amides is 1. The molecule has 0 aromatic carbocycles. The van der Waals surface area contributed by atoms with Crippen molar-refractivity contribution in [2.45, 2.75) is 25.3 Å². The van der Waals surface area contributed by atoms with Gasteiger partial charge >= 0.3 is 5.97 Å². The number of likely N-dealkylation sites (tertiary alicyclic amines) is 1. The number of carbonyl (C=O) groups is 2. The minimum Gasteiger partial charge on any atom is -0.480 e. The van der Waals surface area contributed by atoms with Gasteiger partial charge in [0.15, 0.2) is 0 Å². The summed E-state index contributed by atoms with van der Waals surface area (Å²) >= 11 is 0. The maximum Gasteiger partial charge on any atom is 0.326 e. The lowest BCUT2D eigenvalue weighted by molar-refractivity contribution is -0.148. The molecule has 6 nitrogen and oxygen atoms in total. The molecule has 6 heteroatoms. The highest BCUT2D eigenvalue weighted by Crippen LogP contribution is 2.17. The summed E-state index contributed by atoms with van der Waals surface area (Å²) in [6.45, 7) is 1.56. The maximum absolute atomic E-state index is 12.2. The summed E-state index contributed by atoms with van der Waals surface area (Å²) < 4.78 is 0. The van der Waals surface area contributed by atoms with Crippen LogP contribution in [0.25, 0.3) is 0 Å². The molecule has 0 saturated carbocycles. The average molecular weight is 291 g/mol. The predicted molar refractivity (Wildman–Crippen MR) is 77.8 cm³/mol. The van der Waals surface area contributed by atoms with E-state index in [0.29, 0.717) is 13.0 Å². The zero-order valence-electron chi connectivity index (χ0n) is 12.2. The monoisotopic (exact) mass is 291 g/mol. The smallest absolute Gasteiger partial charge is 0.326 e. The second kappa shape index (κ2) is 7.17. The van der Waals surface area contributed by atoms with Crippen LogP contribution in [0.3, 0.4) is 0 Å². The van der Waals surface area contributed by atoms with E-state index in [9.17, 15) is 9.59 Å². The second-order valence-electron chi connectivity index (χ2n) is 5.43. The maximum atomic E-state index is 12.2. The molecule has 1 N–H and O–H groups in total. The van der Waals surface area contributed by atoms with Crippen molar-refractivity contribution in [2.75, 3.05) is 26.7 Å². The average Bonchev–Trinajstić information content (AvgIpc) is 2.96. The van der Waals surface area contributed by atoms with E-state index in [1.807, 2.05) is 24.1 Å². The van der Waals surface area contributed by atoms with Crippen molar-refractivity contribution in [1.82, 2.24) is 14.8 Å². The molecule has 1 aromatic rings. The summed E-state index contributed by atoms with van der Waals surface area (Å²) in [4.78, 5) is 30.7. The number of pyridine rings is 1. The molecule has 2 rings (SSSR count). The fourth-order valence-corrected chi connectivity index (χ4v) is 2.59. The van der Waals surface area contributed by atoms with E-state index < -0.39 is 12.0 Å². The molecule has 21 heavy (non-hydrogen) atoms. The highest BCUT2D eigenvalue weighted by Gasteiger charge is 2.33. The van der Waals surface area contributed by atoms with Gasteiger partial charge in [-0.1, -0.05) is 0 Å². The number of rotatable bonds is 6. The minimum absolute atomic E-state index is 0.0999. The molecule has 1 aromatic heterocycles. The molecule has 1 amide bonds. The van der Waals surface area contributed by atoms with Crippen molar-refractivity contribution in [3.8, 4) is 0 Å². The van der Waals surface area contributed by atoms with Crippen LogP contribution in [0.5, 0.6) is 0 Å². The zero-order valence-corrected chi connectivity index (χ0v) is 12.2. The van der Waals surface area contributed by atoms with Gasteiger partial charge in [-0.25, -0.2) is 4.79 Å². The molecule has 0 aliphatic carbocycles. The van der Waals surface area contributed by atoms with Crippen molar-refractivity contribution in [3.63, 3.8) is 0 Å². The molecule has 0 radical (unpaired) electrons. The molecule has 0 spiro atoms. The largest absolute Gasteiger partial charge is 0.480 e. The third-order valence-corrected chi connectivity index (χ3v) is 3.79. The molecule has 0 bridgehead atoms. The first kappa shape index (κ1) is 15.4. The Bertz CT molecular complexity index is 492. The highest BCUT2D eigenvalue weighted by molar-refractivity contribution is 5.85. The zero-order chi connectivity index (χ0) is 15.2. The molecule has 114 valence electrons. The molecule has 1 atom stereocenters. The van der Waals surface area contributed by atoms with E-state index in [1.54, 1.807) is 12.4 Å². The summed E-state index contributed by atoms with van der Waals surface area (Å²) in [5, 5.41) is 9.11. The summed E-state index contributed by atoms with van der Waals surface area (Å²) in [5.41, 5.74) is 1.17.